The number of hydrogen-bond acceptors (Lipinski definition) is 7. The van der Waals surface area contributed by atoms with Crippen LogP contribution in [0.15, 0.2) is 42.5 Å². The van der Waals surface area contributed by atoms with Crippen LogP contribution in [0.25, 0.3) is 0 Å². The molecule has 1 aliphatic carbocycles. The van der Waals surface area contributed by atoms with Gasteiger partial charge in [0.25, 0.3) is 0 Å². The lowest BCUT2D eigenvalue weighted by Gasteiger charge is -2.19. The lowest BCUT2D eigenvalue weighted by molar-refractivity contribution is -0.137. The first-order valence-electron chi connectivity index (χ1n) is 9.85. The molecule has 0 spiro atoms. The number of hydrogen-bond donors (Lipinski definition) is 2. The van der Waals surface area contributed by atoms with Crippen molar-refractivity contribution in [2.45, 2.75) is 30.6 Å². The number of carbonyl (C=O) groups excluding carboxylic acids is 2. The molecule has 0 amide bonds. The third-order valence-electron chi connectivity index (χ3n) is 4.93. The Kier molecular flexibility index (Phi) is 10.8. The highest BCUT2D eigenvalue weighted by molar-refractivity contribution is 8.01. The predicted octanol–water partition coefficient (Wildman–Crippen LogP) is 2.74. The van der Waals surface area contributed by atoms with Crippen LogP contribution in [0.5, 0.6) is 0 Å². The minimum absolute atomic E-state index is 0.0262. The summed E-state index contributed by atoms with van der Waals surface area (Å²) in [6.45, 7) is -0.0262. The van der Waals surface area contributed by atoms with E-state index in [2.05, 4.69) is 4.74 Å². The number of ketones is 1. The van der Waals surface area contributed by atoms with E-state index in [1.165, 1.54) is 18.9 Å². The molecule has 0 aliphatic heterocycles. The van der Waals surface area contributed by atoms with Gasteiger partial charge in [-0.1, -0.05) is 42.5 Å². The quantitative estimate of drug-likeness (QED) is 0.295. The lowest BCUT2D eigenvalue weighted by Crippen LogP contribution is -2.21. The van der Waals surface area contributed by atoms with Crippen LogP contribution in [-0.4, -0.2) is 64.3 Å². The van der Waals surface area contributed by atoms with E-state index in [9.17, 15) is 19.8 Å². The maximum absolute atomic E-state index is 12.4. The first-order chi connectivity index (χ1) is 14.0. The Morgan fingerprint density at radius 1 is 1.31 bits per heavy atom. The van der Waals surface area contributed by atoms with Crippen molar-refractivity contribution in [1.82, 2.24) is 0 Å². The molecule has 1 saturated carbocycles. The van der Waals surface area contributed by atoms with Crippen LogP contribution in [0.4, 0.5) is 0 Å². The summed E-state index contributed by atoms with van der Waals surface area (Å²) in [5.41, 5.74) is 1.06. The molecule has 29 heavy (non-hydrogen) atoms. The number of carbonyl (C=O) groups is 2. The SMILES string of the molecule is COC(=O)CSCCCS[C@H]1C(=O)C[C@@H](CO)[C@@H]1/C=C/[C@H](O)Cc1ccccc1. The molecule has 5 nitrogen and oxygen atoms in total. The highest BCUT2D eigenvalue weighted by atomic mass is 32.2. The number of ether oxygens (including phenoxy) is 1. The number of aliphatic hydroxyl groups excluding tert-OH is 2. The van der Waals surface area contributed by atoms with Crippen LogP contribution >= 0.6 is 23.5 Å². The molecule has 1 aliphatic rings. The van der Waals surface area contributed by atoms with Gasteiger partial charge in [-0.15, -0.1) is 11.8 Å². The second-order valence-electron chi connectivity index (χ2n) is 7.11. The van der Waals surface area contributed by atoms with Crippen molar-refractivity contribution in [3.8, 4) is 0 Å². The number of benzene rings is 1. The summed E-state index contributed by atoms with van der Waals surface area (Å²) < 4.78 is 4.61. The van der Waals surface area contributed by atoms with E-state index in [4.69, 9.17) is 0 Å². The molecule has 4 atom stereocenters. The Hall–Kier alpha value is -1.28. The van der Waals surface area contributed by atoms with E-state index in [1.54, 1.807) is 17.8 Å². The van der Waals surface area contributed by atoms with Gasteiger partial charge >= 0.3 is 5.97 Å². The third-order valence-corrected chi connectivity index (χ3v) is 7.41. The fraction of sp³-hybridized carbons (Fsp3) is 0.545. The minimum atomic E-state index is -0.618. The highest BCUT2D eigenvalue weighted by Crippen LogP contribution is 2.38. The van der Waals surface area contributed by atoms with E-state index >= 15 is 0 Å². The van der Waals surface area contributed by atoms with Gasteiger partial charge < -0.3 is 14.9 Å². The maximum Gasteiger partial charge on any atom is 0.315 e. The van der Waals surface area contributed by atoms with Crippen molar-refractivity contribution in [2.24, 2.45) is 11.8 Å². The first-order valence-corrected chi connectivity index (χ1v) is 12.1. The molecule has 1 aromatic rings. The number of rotatable bonds is 12. The standard InChI is InChI=1S/C22H30O5S2/c1-27-21(26)15-28-10-5-11-29-22-19(17(14-23)13-20(22)25)9-8-18(24)12-16-6-3-2-4-7-16/h2-4,6-9,17-19,22-24H,5,10-15H2,1H3/b9-8+/t17-,18-,19-,22+/m0/s1. The fourth-order valence-electron chi connectivity index (χ4n) is 3.39. The molecular weight excluding hydrogens is 408 g/mol. The largest absolute Gasteiger partial charge is 0.468 e. The fourth-order valence-corrected chi connectivity index (χ4v) is 5.73. The van der Waals surface area contributed by atoms with Crippen molar-refractivity contribution in [3.05, 3.63) is 48.0 Å². The van der Waals surface area contributed by atoms with E-state index in [0.717, 1.165) is 23.5 Å². The van der Waals surface area contributed by atoms with Crippen molar-refractivity contribution in [3.63, 3.8) is 0 Å². The van der Waals surface area contributed by atoms with Gasteiger partial charge in [-0.3, -0.25) is 9.59 Å². The van der Waals surface area contributed by atoms with Crippen LogP contribution in [0.1, 0.15) is 18.4 Å². The van der Waals surface area contributed by atoms with E-state index in [0.29, 0.717) is 18.6 Å². The molecule has 0 bridgehead atoms. The molecular formula is C22H30O5S2. The Bertz CT molecular complexity index is 664. The summed E-state index contributed by atoms with van der Waals surface area (Å²) in [6.07, 6.45) is 4.87. The zero-order valence-electron chi connectivity index (χ0n) is 16.7. The molecule has 2 N–H and O–H groups in total. The van der Waals surface area contributed by atoms with Gasteiger partial charge in [0.15, 0.2) is 0 Å². The average molecular weight is 439 g/mol. The molecule has 2 rings (SSSR count). The van der Waals surface area contributed by atoms with Crippen LogP contribution in [0, 0.1) is 11.8 Å². The van der Waals surface area contributed by atoms with Gasteiger partial charge in [-0.25, -0.2) is 0 Å². The van der Waals surface area contributed by atoms with Gasteiger partial charge in [-0.2, -0.15) is 11.8 Å². The number of esters is 1. The summed E-state index contributed by atoms with van der Waals surface area (Å²) in [6, 6.07) is 9.78. The van der Waals surface area contributed by atoms with Gasteiger partial charge in [0.2, 0.25) is 0 Å². The minimum Gasteiger partial charge on any atom is -0.468 e. The topological polar surface area (TPSA) is 83.8 Å². The monoisotopic (exact) mass is 438 g/mol. The highest BCUT2D eigenvalue weighted by Gasteiger charge is 2.40. The summed E-state index contributed by atoms with van der Waals surface area (Å²) in [5, 5.41) is 19.8. The van der Waals surface area contributed by atoms with Gasteiger partial charge in [-0.05, 0) is 29.4 Å². The number of aliphatic hydroxyl groups is 2. The molecule has 0 saturated heterocycles. The Balaban J connectivity index is 1.84. The molecule has 1 aromatic carbocycles. The molecule has 7 heteroatoms. The summed E-state index contributed by atoms with van der Waals surface area (Å²) >= 11 is 3.15. The van der Waals surface area contributed by atoms with Gasteiger partial charge in [0.1, 0.15) is 5.78 Å². The Morgan fingerprint density at radius 2 is 2.07 bits per heavy atom. The van der Waals surface area contributed by atoms with Gasteiger partial charge in [0.05, 0.1) is 24.2 Å². The van der Waals surface area contributed by atoms with Gasteiger partial charge in [0, 0.05) is 25.4 Å². The number of thioether (sulfide) groups is 2. The molecule has 1 fully saturated rings. The zero-order chi connectivity index (χ0) is 21.1. The Labute approximate surface area is 181 Å². The molecule has 0 radical (unpaired) electrons. The normalized spacial score (nSPS) is 22.9. The van der Waals surface area contributed by atoms with Crippen molar-refractivity contribution >= 4 is 35.3 Å². The van der Waals surface area contributed by atoms with Crippen LogP contribution in [0.3, 0.4) is 0 Å². The van der Waals surface area contributed by atoms with E-state index in [1.807, 2.05) is 36.4 Å². The van der Waals surface area contributed by atoms with Crippen molar-refractivity contribution < 1.29 is 24.5 Å². The number of methoxy groups -OCH3 is 1. The van der Waals surface area contributed by atoms with Crippen LogP contribution in [-0.2, 0) is 20.7 Å². The summed E-state index contributed by atoms with van der Waals surface area (Å²) in [5.74, 6) is 1.80. The van der Waals surface area contributed by atoms with Crippen LogP contribution in [0.2, 0.25) is 0 Å². The number of allylic oxidation sites excluding steroid dienone is 1. The smallest absolute Gasteiger partial charge is 0.315 e. The zero-order valence-corrected chi connectivity index (χ0v) is 18.4. The summed E-state index contributed by atoms with van der Waals surface area (Å²) in [4.78, 5) is 23.5. The lowest BCUT2D eigenvalue weighted by atomic mass is 9.95. The average Bonchev–Trinajstić information content (AvgIpc) is 3.04. The second kappa shape index (κ2) is 13.1. The van der Waals surface area contributed by atoms with E-state index in [-0.39, 0.29) is 35.4 Å². The Morgan fingerprint density at radius 3 is 2.76 bits per heavy atom. The molecule has 0 aromatic heterocycles. The van der Waals surface area contributed by atoms with Crippen molar-refractivity contribution in [1.29, 1.82) is 0 Å². The maximum atomic E-state index is 12.4. The molecule has 160 valence electrons. The van der Waals surface area contributed by atoms with Crippen molar-refractivity contribution in [2.75, 3.05) is 31.0 Å². The second-order valence-corrected chi connectivity index (χ2v) is 9.46. The van der Waals surface area contributed by atoms with E-state index < -0.39 is 6.10 Å². The van der Waals surface area contributed by atoms with Crippen LogP contribution < -0.4 is 0 Å². The first kappa shape index (κ1) is 24.0. The molecule has 0 unspecified atom stereocenters. The predicted molar refractivity (Wildman–Crippen MR) is 119 cm³/mol. The number of Topliss-reactive ketones (excluding diaryl/α,β-unsaturated/α-hetero) is 1. The molecule has 0 heterocycles. The summed E-state index contributed by atoms with van der Waals surface area (Å²) in [7, 11) is 1.38. The third kappa shape index (κ3) is 8.16.